The predicted molar refractivity (Wildman–Crippen MR) is 139 cm³/mol. The van der Waals surface area contributed by atoms with E-state index < -0.39 is 5.97 Å². The first kappa shape index (κ1) is 24.1. The van der Waals surface area contributed by atoms with Crippen LogP contribution in [0.15, 0.2) is 66.7 Å². The standard InChI is InChI=1S/C29H29N3O3/c1-19(33)32-27-15-12-23(21-8-10-22(11-9-21)28(34)35)17-25(27)26(18-29(32,2)3)31-24-13-6-20(7-14-24)5-4-16-30/h6-15,17,26,31H,16,18,30H2,1-3H3,(H,34,35)/t26-/m1/s1. The summed E-state index contributed by atoms with van der Waals surface area (Å²) in [6.45, 7) is 6.08. The summed E-state index contributed by atoms with van der Waals surface area (Å²) in [5, 5.41) is 12.9. The molecule has 4 rings (SSSR count). The first-order chi connectivity index (χ1) is 16.7. The minimum atomic E-state index is -0.953. The molecule has 35 heavy (non-hydrogen) atoms. The molecule has 6 heteroatoms. The fraction of sp³-hybridized carbons (Fsp3) is 0.241. The Labute approximate surface area is 205 Å². The highest BCUT2D eigenvalue weighted by Gasteiger charge is 2.40. The summed E-state index contributed by atoms with van der Waals surface area (Å²) < 4.78 is 0. The molecule has 1 aliphatic rings. The molecule has 0 aromatic heterocycles. The summed E-state index contributed by atoms with van der Waals surface area (Å²) in [5.74, 6) is 4.94. The summed E-state index contributed by atoms with van der Waals surface area (Å²) >= 11 is 0. The smallest absolute Gasteiger partial charge is 0.335 e. The first-order valence-electron chi connectivity index (χ1n) is 11.5. The summed E-state index contributed by atoms with van der Waals surface area (Å²) in [6, 6.07) is 20.8. The Kier molecular flexibility index (Phi) is 6.63. The quantitative estimate of drug-likeness (QED) is 0.467. The maximum Gasteiger partial charge on any atom is 0.335 e. The fourth-order valence-electron chi connectivity index (χ4n) is 4.78. The number of aromatic carboxylic acids is 1. The van der Waals surface area contributed by atoms with Gasteiger partial charge in [-0.2, -0.15) is 0 Å². The fourth-order valence-corrected chi connectivity index (χ4v) is 4.78. The van der Waals surface area contributed by atoms with Crippen molar-refractivity contribution in [1.29, 1.82) is 0 Å². The molecule has 3 aromatic rings. The van der Waals surface area contributed by atoms with Gasteiger partial charge in [-0.1, -0.05) is 30.0 Å². The van der Waals surface area contributed by atoms with E-state index in [4.69, 9.17) is 5.73 Å². The van der Waals surface area contributed by atoms with Gasteiger partial charge in [0, 0.05) is 29.4 Å². The topological polar surface area (TPSA) is 95.7 Å². The molecule has 178 valence electrons. The van der Waals surface area contributed by atoms with Gasteiger partial charge in [-0.15, -0.1) is 0 Å². The number of carbonyl (C=O) groups excluding carboxylic acids is 1. The molecular weight excluding hydrogens is 438 g/mol. The molecule has 0 radical (unpaired) electrons. The number of amides is 1. The number of hydrogen-bond donors (Lipinski definition) is 3. The largest absolute Gasteiger partial charge is 0.478 e. The summed E-state index contributed by atoms with van der Waals surface area (Å²) in [5.41, 5.74) is 11.0. The van der Waals surface area contributed by atoms with Gasteiger partial charge in [-0.25, -0.2) is 4.79 Å². The summed E-state index contributed by atoms with van der Waals surface area (Å²) in [7, 11) is 0. The lowest BCUT2D eigenvalue weighted by Gasteiger charge is -2.46. The number of nitrogens with two attached hydrogens (primary N) is 1. The van der Waals surface area contributed by atoms with Crippen molar-refractivity contribution in [2.45, 2.75) is 38.8 Å². The number of rotatable bonds is 4. The molecule has 0 saturated heterocycles. The zero-order valence-electron chi connectivity index (χ0n) is 20.1. The van der Waals surface area contributed by atoms with Gasteiger partial charge in [-0.05, 0) is 85.5 Å². The van der Waals surface area contributed by atoms with Crippen molar-refractivity contribution in [3.8, 4) is 23.0 Å². The maximum atomic E-state index is 12.7. The van der Waals surface area contributed by atoms with Crippen molar-refractivity contribution in [2.75, 3.05) is 16.8 Å². The van der Waals surface area contributed by atoms with Gasteiger partial charge in [0.1, 0.15) is 0 Å². The van der Waals surface area contributed by atoms with Crippen molar-refractivity contribution in [3.05, 3.63) is 83.4 Å². The second kappa shape index (κ2) is 9.65. The zero-order valence-corrected chi connectivity index (χ0v) is 20.1. The van der Waals surface area contributed by atoms with Crippen LogP contribution in [0.5, 0.6) is 0 Å². The van der Waals surface area contributed by atoms with Crippen molar-refractivity contribution < 1.29 is 14.7 Å². The molecular formula is C29H29N3O3. The molecule has 3 aromatic carbocycles. The number of nitrogens with one attached hydrogen (secondary N) is 1. The SMILES string of the molecule is CC(=O)N1c2ccc(-c3ccc(C(=O)O)cc3)cc2[C@H](Nc2ccc(C#CCN)cc2)CC1(C)C. The van der Waals surface area contributed by atoms with Crippen LogP contribution in [-0.4, -0.2) is 29.1 Å². The highest BCUT2D eigenvalue weighted by atomic mass is 16.4. The second-order valence-corrected chi connectivity index (χ2v) is 9.31. The number of nitrogens with zero attached hydrogens (tertiary/aromatic N) is 1. The number of hydrogen-bond acceptors (Lipinski definition) is 4. The van der Waals surface area contributed by atoms with E-state index >= 15 is 0 Å². The van der Waals surface area contributed by atoms with Crippen molar-refractivity contribution in [2.24, 2.45) is 5.73 Å². The minimum absolute atomic E-state index is 0.00362. The molecule has 6 nitrogen and oxygen atoms in total. The van der Waals surface area contributed by atoms with Crippen LogP contribution in [0.1, 0.15) is 54.7 Å². The number of fused-ring (bicyclic) bond motifs is 1. The second-order valence-electron chi connectivity index (χ2n) is 9.31. The molecule has 1 heterocycles. The van der Waals surface area contributed by atoms with Crippen LogP contribution in [-0.2, 0) is 4.79 Å². The lowest BCUT2D eigenvalue weighted by atomic mass is 9.82. The third kappa shape index (κ3) is 5.06. The number of anilines is 2. The summed E-state index contributed by atoms with van der Waals surface area (Å²) in [6.07, 6.45) is 0.718. The third-order valence-corrected chi connectivity index (χ3v) is 6.29. The van der Waals surface area contributed by atoms with Gasteiger partial charge >= 0.3 is 5.97 Å². The lowest BCUT2D eigenvalue weighted by molar-refractivity contribution is -0.117. The van der Waals surface area contributed by atoms with Crippen molar-refractivity contribution in [3.63, 3.8) is 0 Å². The number of carbonyl (C=O) groups is 2. The van der Waals surface area contributed by atoms with E-state index in [0.29, 0.717) is 6.54 Å². The van der Waals surface area contributed by atoms with Crippen molar-refractivity contribution >= 4 is 23.3 Å². The Hall–Kier alpha value is -4.08. The van der Waals surface area contributed by atoms with E-state index in [1.54, 1.807) is 19.1 Å². The van der Waals surface area contributed by atoms with Crippen LogP contribution in [0.3, 0.4) is 0 Å². The Balaban J connectivity index is 1.74. The predicted octanol–water partition coefficient (Wildman–Crippen LogP) is 5.05. The first-order valence-corrected chi connectivity index (χ1v) is 11.5. The van der Waals surface area contributed by atoms with Crippen LogP contribution in [0.2, 0.25) is 0 Å². The van der Waals surface area contributed by atoms with E-state index in [1.807, 2.05) is 53.4 Å². The Morgan fingerprint density at radius 3 is 2.31 bits per heavy atom. The van der Waals surface area contributed by atoms with E-state index in [1.165, 1.54) is 0 Å². The monoisotopic (exact) mass is 467 g/mol. The molecule has 0 bridgehead atoms. The molecule has 0 saturated carbocycles. The van der Waals surface area contributed by atoms with E-state index in [-0.39, 0.29) is 23.1 Å². The Bertz CT molecular complexity index is 1320. The average molecular weight is 468 g/mol. The average Bonchev–Trinajstić information content (AvgIpc) is 2.82. The van der Waals surface area contributed by atoms with Crippen LogP contribution in [0, 0.1) is 11.8 Å². The van der Waals surface area contributed by atoms with E-state index in [9.17, 15) is 14.7 Å². The van der Waals surface area contributed by atoms with Gasteiger partial charge in [0.25, 0.3) is 0 Å². The zero-order chi connectivity index (χ0) is 25.2. The molecule has 4 N–H and O–H groups in total. The van der Waals surface area contributed by atoms with Crippen molar-refractivity contribution in [1.82, 2.24) is 0 Å². The third-order valence-electron chi connectivity index (χ3n) is 6.29. The van der Waals surface area contributed by atoms with Crippen LogP contribution in [0.4, 0.5) is 11.4 Å². The Morgan fingerprint density at radius 2 is 1.71 bits per heavy atom. The van der Waals surface area contributed by atoms with Crippen LogP contribution >= 0.6 is 0 Å². The molecule has 1 aliphatic heterocycles. The number of carboxylic acids is 1. The van der Waals surface area contributed by atoms with Gasteiger partial charge < -0.3 is 21.1 Å². The van der Waals surface area contributed by atoms with Gasteiger partial charge in [0.15, 0.2) is 0 Å². The normalized spacial score (nSPS) is 16.0. The highest BCUT2D eigenvalue weighted by molar-refractivity contribution is 5.95. The van der Waals surface area contributed by atoms with E-state index in [0.717, 1.165) is 40.0 Å². The lowest BCUT2D eigenvalue weighted by Crippen LogP contribution is -2.52. The van der Waals surface area contributed by atoms with E-state index in [2.05, 4.69) is 37.1 Å². The Morgan fingerprint density at radius 1 is 1.06 bits per heavy atom. The molecule has 1 amide bonds. The number of carboxylic acid groups (broad SMARTS) is 1. The molecule has 0 unspecified atom stereocenters. The van der Waals surface area contributed by atoms with Gasteiger partial charge in [0.2, 0.25) is 5.91 Å². The molecule has 1 atom stereocenters. The maximum absolute atomic E-state index is 12.7. The molecule has 0 aliphatic carbocycles. The minimum Gasteiger partial charge on any atom is -0.478 e. The van der Waals surface area contributed by atoms with Crippen LogP contribution < -0.4 is 16.0 Å². The number of benzene rings is 3. The molecule has 0 fully saturated rings. The highest BCUT2D eigenvalue weighted by Crippen LogP contribution is 2.45. The van der Waals surface area contributed by atoms with Gasteiger partial charge in [-0.3, -0.25) is 4.79 Å². The molecule has 0 spiro atoms. The van der Waals surface area contributed by atoms with Crippen LogP contribution in [0.25, 0.3) is 11.1 Å². The van der Waals surface area contributed by atoms with Gasteiger partial charge in [0.05, 0.1) is 18.2 Å². The summed E-state index contributed by atoms with van der Waals surface area (Å²) in [4.78, 5) is 25.7.